The molecule has 0 aliphatic rings. The molecule has 0 atom stereocenters. The average Bonchev–Trinajstić information content (AvgIpc) is 2.29. The quantitative estimate of drug-likeness (QED) is 0.893. The van der Waals surface area contributed by atoms with E-state index >= 15 is 0 Å². The monoisotopic (exact) mass is 320 g/mol. The summed E-state index contributed by atoms with van der Waals surface area (Å²) in [5.74, 6) is -0.358. The lowest BCUT2D eigenvalue weighted by Crippen LogP contribution is -2.37. The SMILES string of the molecule is CNC(=O)CN(C)S(=O)(=O)c1ccccc1Br. The Bertz CT molecular complexity index is 516. The molecule has 0 spiro atoms. The van der Waals surface area contributed by atoms with E-state index in [1.54, 1.807) is 18.2 Å². The molecule has 0 aliphatic heterocycles. The highest BCUT2D eigenvalue weighted by Crippen LogP contribution is 2.23. The molecule has 94 valence electrons. The Morgan fingerprint density at radius 2 is 2.00 bits per heavy atom. The fourth-order valence-corrected chi connectivity index (χ4v) is 3.27. The lowest BCUT2D eigenvalue weighted by molar-refractivity contribution is -0.120. The number of rotatable bonds is 4. The van der Waals surface area contributed by atoms with E-state index in [0.29, 0.717) is 4.47 Å². The minimum Gasteiger partial charge on any atom is -0.358 e. The first kappa shape index (κ1) is 14.1. The number of amides is 1. The van der Waals surface area contributed by atoms with E-state index in [2.05, 4.69) is 21.2 Å². The fourth-order valence-electron chi connectivity index (χ4n) is 1.19. The molecule has 0 saturated heterocycles. The number of likely N-dealkylation sites (N-methyl/N-ethyl adjacent to an activating group) is 2. The average molecular weight is 321 g/mol. The van der Waals surface area contributed by atoms with Gasteiger partial charge in [-0.3, -0.25) is 4.79 Å². The second-order valence-corrected chi connectivity index (χ2v) is 6.23. The van der Waals surface area contributed by atoms with Crippen LogP contribution in [0.2, 0.25) is 0 Å². The van der Waals surface area contributed by atoms with Crippen molar-refractivity contribution >= 4 is 31.9 Å². The van der Waals surface area contributed by atoms with Gasteiger partial charge in [0.15, 0.2) is 0 Å². The third-order valence-electron chi connectivity index (χ3n) is 2.17. The Kier molecular flexibility index (Phi) is 4.67. The maximum Gasteiger partial charge on any atom is 0.244 e. The molecule has 1 amide bonds. The maximum atomic E-state index is 12.1. The summed E-state index contributed by atoms with van der Waals surface area (Å²) in [6, 6.07) is 6.48. The summed E-state index contributed by atoms with van der Waals surface area (Å²) in [6.07, 6.45) is 0. The molecule has 1 rings (SSSR count). The fraction of sp³-hybridized carbons (Fsp3) is 0.300. The second-order valence-electron chi connectivity index (χ2n) is 3.36. The Morgan fingerprint density at radius 3 is 2.53 bits per heavy atom. The number of halogens is 1. The summed E-state index contributed by atoms with van der Waals surface area (Å²) >= 11 is 3.18. The first-order chi connectivity index (χ1) is 7.89. The van der Waals surface area contributed by atoms with Crippen LogP contribution in [0.3, 0.4) is 0 Å². The number of sulfonamides is 1. The Morgan fingerprint density at radius 1 is 1.41 bits per heavy atom. The number of carbonyl (C=O) groups is 1. The minimum atomic E-state index is -3.65. The van der Waals surface area contributed by atoms with Crippen molar-refractivity contribution in [1.82, 2.24) is 9.62 Å². The molecular formula is C10H13BrN2O3S. The first-order valence-corrected chi connectivity index (χ1v) is 7.04. The maximum absolute atomic E-state index is 12.1. The van der Waals surface area contributed by atoms with E-state index in [9.17, 15) is 13.2 Å². The van der Waals surface area contributed by atoms with Crippen LogP contribution in [-0.4, -0.2) is 39.3 Å². The highest BCUT2D eigenvalue weighted by molar-refractivity contribution is 9.10. The molecule has 1 N–H and O–H groups in total. The van der Waals surface area contributed by atoms with Gasteiger partial charge < -0.3 is 5.32 Å². The van der Waals surface area contributed by atoms with Crippen molar-refractivity contribution in [3.05, 3.63) is 28.7 Å². The van der Waals surface area contributed by atoms with Gasteiger partial charge in [-0.1, -0.05) is 12.1 Å². The highest BCUT2D eigenvalue weighted by Gasteiger charge is 2.24. The van der Waals surface area contributed by atoms with Crippen molar-refractivity contribution in [2.24, 2.45) is 0 Å². The lowest BCUT2D eigenvalue weighted by Gasteiger charge is -2.16. The normalized spacial score (nSPS) is 11.5. The van der Waals surface area contributed by atoms with Gasteiger partial charge in [-0.25, -0.2) is 8.42 Å². The number of hydrogen-bond acceptors (Lipinski definition) is 3. The van der Waals surface area contributed by atoms with Crippen molar-refractivity contribution in [2.75, 3.05) is 20.6 Å². The number of nitrogens with zero attached hydrogens (tertiary/aromatic N) is 1. The number of nitrogens with one attached hydrogen (secondary N) is 1. The molecule has 0 aromatic heterocycles. The van der Waals surface area contributed by atoms with E-state index in [1.165, 1.54) is 20.2 Å². The Balaban J connectivity index is 3.04. The van der Waals surface area contributed by atoms with E-state index in [-0.39, 0.29) is 17.3 Å². The zero-order valence-corrected chi connectivity index (χ0v) is 11.9. The number of hydrogen-bond donors (Lipinski definition) is 1. The molecule has 1 aromatic carbocycles. The van der Waals surface area contributed by atoms with Crippen LogP contribution in [0.5, 0.6) is 0 Å². The van der Waals surface area contributed by atoms with E-state index in [4.69, 9.17) is 0 Å². The predicted molar refractivity (Wildman–Crippen MR) is 68.0 cm³/mol. The van der Waals surface area contributed by atoms with Crippen LogP contribution in [-0.2, 0) is 14.8 Å². The van der Waals surface area contributed by atoms with Crippen LogP contribution in [0.15, 0.2) is 33.6 Å². The van der Waals surface area contributed by atoms with Gasteiger partial charge in [-0.05, 0) is 28.1 Å². The van der Waals surface area contributed by atoms with Gasteiger partial charge in [0.05, 0.1) is 11.4 Å². The van der Waals surface area contributed by atoms with Crippen LogP contribution < -0.4 is 5.32 Å². The minimum absolute atomic E-state index is 0.145. The van der Waals surface area contributed by atoms with Gasteiger partial charge in [0, 0.05) is 18.6 Å². The van der Waals surface area contributed by atoms with Crippen LogP contribution in [0.1, 0.15) is 0 Å². The van der Waals surface area contributed by atoms with E-state index in [1.807, 2.05) is 0 Å². The number of carbonyl (C=O) groups excluding carboxylic acids is 1. The molecule has 0 aliphatic carbocycles. The Labute approximate surface area is 109 Å². The summed E-state index contributed by atoms with van der Waals surface area (Å²) < 4.78 is 25.7. The summed E-state index contributed by atoms with van der Waals surface area (Å²) in [5, 5.41) is 2.38. The Hall–Kier alpha value is -0.920. The molecule has 0 saturated carbocycles. The van der Waals surface area contributed by atoms with Gasteiger partial charge in [-0.2, -0.15) is 4.31 Å². The molecule has 1 aromatic rings. The zero-order chi connectivity index (χ0) is 13.1. The predicted octanol–water partition coefficient (Wildman–Crippen LogP) is 0.816. The van der Waals surface area contributed by atoms with Crippen molar-refractivity contribution in [2.45, 2.75) is 4.90 Å². The van der Waals surface area contributed by atoms with Gasteiger partial charge >= 0.3 is 0 Å². The van der Waals surface area contributed by atoms with Gasteiger partial charge in [0.25, 0.3) is 0 Å². The summed E-state index contributed by atoms with van der Waals surface area (Å²) in [7, 11) is -0.825. The van der Waals surface area contributed by atoms with Crippen molar-refractivity contribution in [3.8, 4) is 0 Å². The van der Waals surface area contributed by atoms with E-state index in [0.717, 1.165) is 4.31 Å². The smallest absolute Gasteiger partial charge is 0.244 e. The van der Waals surface area contributed by atoms with E-state index < -0.39 is 10.0 Å². The molecule has 0 fully saturated rings. The first-order valence-electron chi connectivity index (χ1n) is 4.81. The standard InChI is InChI=1S/C10H13BrN2O3S/c1-12-10(14)7-13(2)17(15,16)9-6-4-3-5-8(9)11/h3-6H,7H2,1-2H3,(H,12,14). The van der Waals surface area contributed by atoms with Crippen LogP contribution in [0.4, 0.5) is 0 Å². The summed E-state index contributed by atoms with van der Waals surface area (Å²) in [5.41, 5.74) is 0. The molecule has 0 radical (unpaired) electrons. The van der Waals surface area contributed by atoms with Gasteiger partial charge in [0.1, 0.15) is 0 Å². The van der Waals surface area contributed by atoms with Crippen molar-refractivity contribution in [3.63, 3.8) is 0 Å². The summed E-state index contributed by atoms with van der Waals surface area (Å²) in [4.78, 5) is 11.3. The van der Waals surface area contributed by atoms with Crippen LogP contribution in [0, 0.1) is 0 Å². The number of benzene rings is 1. The van der Waals surface area contributed by atoms with Crippen LogP contribution >= 0.6 is 15.9 Å². The third-order valence-corrected chi connectivity index (χ3v) is 4.99. The van der Waals surface area contributed by atoms with Gasteiger partial charge in [0.2, 0.25) is 15.9 Å². The van der Waals surface area contributed by atoms with Crippen LogP contribution in [0.25, 0.3) is 0 Å². The van der Waals surface area contributed by atoms with Crippen molar-refractivity contribution < 1.29 is 13.2 Å². The largest absolute Gasteiger partial charge is 0.358 e. The molecule has 7 heteroatoms. The molecule has 5 nitrogen and oxygen atoms in total. The topological polar surface area (TPSA) is 66.5 Å². The molecule has 17 heavy (non-hydrogen) atoms. The molecule has 0 bridgehead atoms. The lowest BCUT2D eigenvalue weighted by atomic mass is 10.4. The second kappa shape index (κ2) is 5.61. The molecule has 0 unspecified atom stereocenters. The zero-order valence-electron chi connectivity index (χ0n) is 9.47. The molecular weight excluding hydrogens is 308 g/mol. The van der Waals surface area contributed by atoms with Crippen molar-refractivity contribution in [1.29, 1.82) is 0 Å². The highest BCUT2D eigenvalue weighted by atomic mass is 79.9. The summed E-state index contributed by atoms with van der Waals surface area (Å²) in [6.45, 7) is -0.208. The van der Waals surface area contributed by atoms with Gasteiger partial charge in [-0.15, -0.1) is 0 Å². The molecule has 0 heterocycles. The third kappa shape index (κ3) is 3.27.